The number of ether oxygens (including phenoxy) is 1. The van der Waals surface area contributed by atoms with Crippen LogP contribution in [0.3, 0.4) is 0 Å². The summed E-state index contributed by atoms with van der Waals surface area (Å²) >= 11 is 0. The molecule has 3 aromatic rings. The summed E-state index contributed by atoms with van der Waals surface area (Å²) in [5, 5.41) is 0. The van der Waals surface area contributed by atoms with Crippen LogP contribution >= 0.6 is 0 Å². The number of H-pyrrole nitrogens is 1. The van der Waals surface area contributed by atoms with Crippen LogP contribution in [-0.2, 0) is 0 Å². The molecule has 4 nitrogen and oxygen atoms in total. The lowest BCUT2D eigenvalue weighted by Gasteiger charge is -2.10. The van der Waals surface area contributed by atoms with Gasteiger partial charge in [-0.25, -0.2) is 0 Å². The minimum atomic E-state index is -0.443. The van der Waals surface area contributed by atoms with Gasteiger partial charge in [0.25, 0.3) is 5.91 Å². The van der Waals surface area contributed by atoms with Gasteiger partial charge in [0, 0.05) is 11.3 Å². The fourth-order valence-corrected chi connectivity index (χ4v) is 2.54. The summed E-state index contributed by atoms with van der Waals surface area (Å²) < 4.78 is 6.02. The molecule has 0 saturated carbocycles. The summed E-state index contributed by atoms with van der Waals surface area (Å²) in [5.41, 5.74) is 9.45. The molecule has 0 spiro atoms. The molecule has 0 fully saturated rings. The summed E-state index contributed by atoms with van der Waals surface area (Å²) in [5.74, 6) is 1.05. The monoisotopic (exact) mass is 306 g/mol. The van der Waals surface area contributed by atoms with E-state index >= 15 is 0 Å². The fraction of sp³-hybridized carbons (Fsp3) is 0.105. The Morgan fingerprint density at radius 1 is 1.04 bits per heavy atom. The third-order valence-electron chi connectivity index (χ3n) is 3.67. The Morgan fingerprint density at radius 3 is 2.52 bits per heavy atom. The Bertz CT molecular complexity index is 865. The molecule has 1 heterocycles. The van der Waals surface area contributed by atoms with Gasteiger partial charge in [0.15, 0.2) is 0 Å². The number of amides is 1. The zero-order chi connectivity index (χ0) is 16.4. The second-order valence-electron chi connectivity index (χ2n) is 5.50. The van der Waals surface area contributed by atoms with Crippen LogP contribution in [0.4, 0.5) is 0 Å². The van der Waals surface area contributed by atoms with Crippen molar-refractivity contribution in [3.05, 3.63) is 71.4 Å². The highest BCUT2D eigenvalue weighted by Gasteiger charge is 2.14. The Hall–Kier alpha value is -3.01. The van der Waals surface area contributed by atoms with Crippen LogP contribution in [0.2, 0.25) is 0 Å². The number of hydrogen-bond donors (Lipinski definition) is 2. The number of carbonyl (C=O) groups is 1. The molecule has 0 atom stereocenters. The second-order valence-corrected chi connectivity index (χ2v) is 5.50. The number of nitrogens with two attached hydrogens (primary N) is 1. The zero-order valence-corrected chi connectivity index (χ0v) is 13.1. The lowest BCUT2D eigenvalue weighted by molar-refractivity contribution is 0.1000. The number of nitrogens with one attached hydrogen (secondary N) is 1. The lowest BCUT2D eigenvalue weighted by Crippen LogP contribution is -2.10. The van der Waals surface area contributed by atoms with E-state index in [-0.39, 0.29) is 0 Å². The number of carbonyl (C=O) groups excluding carboxylic acids is 1. The van der Waals surface area contributed by atoms with Crippen molar-refractivity contribution in [2.75, 3.05) is 0 Å². The molecule has 3 rings (SSSR count). The van der Waals surface area contributed by atoms with Gasteiger partial charge in [-0.15, -0.1) is 0 Å². The molecular weight excluding hydrogens is 288 g/mol. The van der Waals surface area contributed by atoms with E-state index in [2.05, 4.69) is 4.98 Å². The van der Waals surface area contributed by atoms with Gasteiger partial charge in [-0.2, -0.15) is 0 Å². The molecule has 0 aliphatic rings. The third kappa shape index (κ3) is 3.11. The average molecular weight is 306 g/mol. The molecule has 116 valence electrons. The van der Waals surface area contributed by atoms with E-state index in [9.17, 15) is 4.79 Å². The average Bonchev–Trinajstić information content (AvgIpc) is 2.90. The van der Waals surface area contributed by atoms with Gasteiger partial charge in [-0.3, -0.25) is 4.79 Å². The Morgan fingerprint density at radius 2 is 1.83 bits per heavy atom. The number of aromatic amines is 1. The van der Waals surface area contributed by atoms with Crippen LogP contribution in [0.15, 0.2) is 54.6 Å². The molecule has 0 aliphatic heterocycles. The maximum Gasteiger partial charge on any atom is 0.250 e. The van der Waals surface area contributed by atoms with Crippen LogP contribution in [-0.4, -0.2) is 10.9 Å². The number of primary amides is 1. The number of rotatable bonds is 4. The predicted octanol–water partition coefficient (Wildman–Crippen LogP) is 4.19. The third-order valence-corrected chi connectivity index (χ3v) is 3.67. The molecule has 0 bridgehead atoms. The molecule has 1 amide bonds. The molecule has 0 aliphatic carbocycles. The first kappa shape index (κ1) is 14.9. The molecule has 1 aromatic heterocycles. The van der Waals surface area contributed by atoms with E-state index in [4.69, 9.17) is 10.5 Å². The smallest absolute Gasteiger partial charge is 0.250 e. The van der Waals surface area contributed by atoms with Gasteiger partial charge in [0.2, 0.25) is 0 Å². The number of hydrogen-bond acceptors (Lipinski definition) is 2. The predicted molar refractivity (Wildman–Crippen MR) is 90.7 cm³/mol. The highest BCUT2D eigenvalue weighted by molar-refractivity contribution is 5.95. The van der Waals surface area contributed by atoms with E-state index in [1.54, 1.807) is 6.07 Å². The SMILES string of the molecule is Cc1cccc(Oc2ccccc2-c2cc(C(N)=O)c(C)[nH]2)c1. The van der Waals surface area contributed by atoms with Gasteiger partial charge in [-0.1, -0.05) is 24.3 Å². The van der Waals surface area contributed by atoms with Gasteiger partial charge < -0.3 is 15.5 Å². The van der Waals surface area contributed by atoms with Crippen LogP contribution in [0.5, 0.6) is 11.5 Å². The Kier molecular flexibility index (Phi) is 3.89. The summed E-state index contributed by atoms with van der Waals surface area (Å²) in [6.45, 7) is 3.85. The minimum absolute atomic E-state index is 0.443. The van der Waals surface area contributed by atoms with E-state index in [1.165, 1.54) is 0 Å². The largest absolute Gasteiger partial charge is 0.457 e. The molecule has 3 N–H and O–H groups in total. The van der Waals surface area contributed by atoms with Crippen LogP contribution in [0.1, 0.15) is 21.6 Å². The number of aromatic nitrogens is 1. The minimum Gasteiger partial charge on any atom is -0.457 e. The highest BCUT2D eigenvalue weighted by atomic mass is 16.5. The summed E-state index contributed by atoms with van der Waals surface area (Å²) in [4.78, 5) is 14.6. The first-order valence-electron chi connectivity index (χ1n) is 7.38. The van der Waals surface area contributed by atoms with Crippen molar-refractivity contribution in [1.29, 1.82) is 0 Å². The highest BCUT2D eigenvalue weighted by Crippen LogP contribution is 2.33. The number of benzene rings is 2. The van der Waals surface area contributed by atoms with Gasteiger partial charge in [0.05, 0.1) is 11.3 Å². The molecule has 2 aromatic carbocycles. The molecule has 0 saturated heterocycles. The summed E-state index contributed by atoms with van der Waals surface area (Å²) in [6, 6.07) is 17.3. The van der Waals surface area contributed by atoms with Gasteiger partial charge in [-0.05, 0) is 49.7 Å². The number of aryl methyl sites for hydroxylation is 2. The normalized spacial score (nSPS) is 10.5. The van der Waals surface area contributed by atoms with Crippen molar-refractivity contribution in [3.63, 3.8) is 0 Å². The van der Waals surface area contributed by atoms with Gasteiger partial charge in [0.1, 0.15) is 11.5 Å². The van der Waals surface area contributed by atoms with Crippen LogP contribution in [0, 0.1) is 13.8 Å². The topological polar surface area (TPSA) is 68.1 Å². The van der Waals surface area contributed by atoms with Crippen molar-refractivity contribution in [3.8, 4) is 22.8 Å². The fourth-order valence-electron chi connectivity index (χ4n) is 2.54. The molecule has 0 unspecified atom stereocenters. The summed E-state index contributed by atoms with van der Waals surface area (Å²) in [6.07, 6.45) is 0. The molecule has 0 radical (unpaired) electrons. The maximum atomic E-state index is 11.5. The maximum absolute atomic E-state index is 11.5. The van der Waals surface area contributed by atoms with Crippen molar-refractivity contribution in [2.45, 2.75) is 13.8 Å². The quantitative estimate of drug-likeness (QED) is 0.759. The molecular formula is C19H18N2O2. The number of para-hydroxylation sites is 1. The van der Waals surface area contributed by atoms with Crippen molar-refractivity contribution < 1.29 is 9.53 Å². The van der Waals surface area contributed by atoms with Crippen LogP contribution < -0.4 is 10.5 Å². The molecule has 23 heavy (non-hydrogen) atoms. The van der Waals surface area contributed by atoms with Crippen molar-refractivity contribution >= 4 is 5.91 Å². The molecule has 4 heteroatoms. The van der Waals surface area contributed by atoms with E-state index < -0.39 is 5.91 Å². The lowest BCUT2D eigenvalue weighted by atomic mass is 10.1. The van der Waals surface area contributed by atoms with E-state index in [1.807, 2.05) is 62.4 Å². The first-order valence-corrected chi connectivity index (χ1v) is 7.38. The Balaban J connectivity index is 2.01. The second kappa shape index (κ2) is 6.01. The standard InChI is InChI=1S/C19H18N2O2/c1-12-6-5-7-14(10-12)23-18-9-4-3-8-15(18)17-11-16(19(20)22)13(2)21-17/h3-11,21H,1-2H3,(H2,20,22). The van der Waals surface area contributed by atoms with Crippen LogP contribution in [0.25, 0.3) is 11.3 Å². The van der Waals surface area contributed by atoms with E-state index in [0.29, 0.717) is 5.56 Å². The Labute approximate surface area is 134 Å². The van der Waals surface area contributed by atoms with Crippen molar-refractivity contribution in [2.24, 2.45) is 5.73 Å². The van der Waals surface area contributed by atoms with Crippen molar-refractivity contribution in [1.82, 2.24) is 4.98 Å². The first-order chi connectivity index (χ1) is 11.0. The van der Waals surface area contributed by atoms with E-state index in [0.717, 1.165) is 34.0 Å². The van der Waals surface area contributed by atoms with Gasteiger partial charge >= 0.3 is 0 Å². The summed E-state index contributed by atoms with van der Waals surface area (Å²) in [7, 11) is 0. The zero-order valence-electron chi connectivity index (χ0n) is 13.1.